The lowest BCUT2D eigenvalue weighted by Crippen LogP contribution is -2.22. The standard InChI is InChI=1S/C10H17N5O3/c1-14(6-3-7-18-2)10-8(15(16)17)4-5-9(12-10)13-11/h4-5H,3,6-7,11H2,1-2H3,(H,12,13). The molecule has 0 aliphatic heterocycles. The molecule has 1 aromatic heterocycles. The molecule has 8 nitrogen and oxygen atoms in total. The maximum absolute atomic E-state index is 10.9. The van der Waals surface area contributed by atoms with Crippen molar-refractivity contribution in [1.29, 1.82) is 0 Å². The summed E-state index contributed by atoms with van der Waals surface area (Å²) >= 11 is 0. The fourth-order valence-electron chi connectivity index (χ4n) is 1.50. The van der Waals surface area contributed by atoms with E-state index in [1.54, 1.807) is 19.1 Å². The Morgan fingerprint density at radius 1 is 1.61 bits per heavy atom. The third-order valence-corrected chi connectivity index (χ3v) is 2.40. The molecule has 0 bridgehead atoms. The molecule has 0 saturated carbocycles. The van der Waals surface area contributed by atoms with Gasteiger partial charge >= 0.3 is 5.69 Å². The van der Waals surface area contributed by atoms with Crippen LogP contribution in [0.15, 0.2) is 12.1 Å². The minimum Gasteiger partial charge on any atom is -0.385 e. The van der Waals surface area contributed by atoms with Gasteiger partial charge in [0.15, 0.2) is 0 Å². The van der Waals surface area contributed by atoms with E-state index in [-0.39, 0.29) is 11.5 Å². The van der Waals surface area contributed by atoms with Crippen molar-refractivity contribution in [3.63, 3.8) is 0 Å². The number of nitro groups is 1. The Balaban J connectivity index is 2.92. The summed E-state index contributed by atoms with van der Waals surface area (Å²) in [6.45, 7) is 1.20. The van der Waals surface area contributed by atoms with Crippen LogP contribution in [0.25, 0.3) is 0 Å². The van der Waals surface area contributed by atoms with Gasteiger partial charge in [-0.2, -0.15) is 0 Å². The largest absolute Gasteiger partial charge is 0.385 e. The molecule has 0 spiro atoms. The predicted molar refractivity (Wildman–Crippen MR) is 68.5 cm³/mol. The summed E-state index contributed by atoms with van der Waals surface area (Å²) in [6, 6.07) is 2.84. The van der Waals surface area contributed by atoms with E-state index in [4.69, 9.17) is 10.6 Å². The van der Waals surface area contributed by atoms with Crippen molar-refractivity contribution in [3.8, 4) is 0 Å². The van der Waals surface area contributed by atoms with Gasteiger partial charge in [0, 0.05) is 33.4 Å². The topological polar surface area (TPSA) is 107 Å². The van der Waals surface area contributed by atoms with Crippen LogP contribution in [0.1, 0.15) is 6.42 Å². The van der Waals surface area contributed by atoms with E-state index in [0.717, 1.165) is 6.42 Å². The first-order valence-electron chi connectivity index (χ1n) is 5.42. The van der Waals surface area contributed by atoms with Gasteiger partial charge in [-0.25, -0.2) is 10.8 Å². The molecule has 8 heteroatoms. The molecule has 3 N–H and O–H groups in total. The maximum atomic E-state index is 10.9. The average Bonchev–Trinajstić information content (AvgIpc) is 2.38. The number of rotatable bonds is 7. The van der Waals surface area contributed by atoms with Gasteiger partial charge in [-0.05, 0) is 12.5 Å². The summed E-state index contributed by atoms with van der Waals surface area (Å²) in [5, 5.41) is 10.9. The van der Waals surface area contributed by atoms with Crippen LogP contribution in [0.3, 0.4) is 0 Å². The monoisotopic (exact) mass is 255 g/mol. The molecule has 0 fully saturated rings. The van der Waals surface area contributed by atoms with Crippen molar-refractivity contribution >= 4 is 17.3 Å². The van der Waals surface area contributed by atoms with Gasteiger partial charge in [0.1, 0.15) is 5.82 Å². The van der Waals surface area contributed by atoms with Gasteiger partial charge in [-0.1, -0.05) is 0 Å². The van der Waals surface area contributed by atoms with Crippen LogP contribution < -0.4 is 16.2 Å². The van der Waals surface area contributed by atoms with Crippen LogP contribution >= 0.6 is 0 Å². The quantitative estimate of drug-likeness (QED) is 0.320. The highest BCUT2D eigenvalue weighted by Gasteiger charge is 2.19. The van der Waals surface area contributed by atoms with Gasteiger partial charge in [0.05, 0.1) is 4.92 Å². The van der Waals surface area contributed by atoms with Crippen molar-refractivity contribution in [3.05, 3.63) is 22.2 Å². The predicted octanol–water partition coefficient (Wildman–Crippen LogP) is 0.748. The molecule has 0 aliphatic rings. The number of hydrogen-bond acceptors (Lipinski definition) is 7. The van der Waals surface area contributed by atoms with E-state index in [1.807, 2.05) is 0 Å². The molecule has 1 rings (SSSR count). The Morgan fingerprint density at radius 2 is 2.33 bits per heavy atom. The van der Waals surface area contributed by atoms with Crippen molar-refractivity contribution in [2.24, 2.45) is 5.84 Å². The van der Waals surface area contributed by atoms with Crippen LogP contribution in [0.2, 0.25) is 0 Å². The van der Waals surface area contributed by atoms with Crippen LogP contribution in [0, 0.1) is 10.1 Å². The zero-order valence-corrected chi connectivity index (χ0v) is 10.4. The van der Waals surface area contributed by atoms with E-state index >= 15 is 0 Å². The van der Waals surface area contributed by atoms with E-state index in [9.17, 15) is 10.1 Å². The molecule has 18 heavy (non-hydrogen) atoms. The molecular formula is C10H17N5O3. The number of hydrogen-bond donors (Lipinski definition) is 2. The van der Waals surface area contributed by atoms with E-state index < -0.39 is 4.92 Å². The maximum Gasteiger partial charge on any atom is 0.311 e. The van der Waals surface area contributed by atoms with Crippen LogP contribution in [-0.2, 0) is 4.74 Å². The lowest BCUT2D eigenvalue weighted by molar-refractivity contribution is -0.384. The van der Waals surface area contributed by atoms with E-state index in [0.29, 0.717) is 19.0 Å². The number of hydrazine groups is 1. The van der Waals surface area contributed by atoms with Gasteiger partial charge in [-0.3, -0.25) is 10.1 Å². The third kappa shape index (κ3) is 3.54. The molecule has 1 heterocycles. The highest BCUT2D eigenvalue weighted by atomic mass is 16.6. The summed E-state index contributed by atoms with van der Waals surface area (Å²) < 4.78 is 4.94. The molecule has 1 aromatic rings. The molecule has 0 saturated heterocycles. The van der Waals surface area contributed by atoms with Gasteiger partial charge in [-0.15, -0.1) is 0 Å². The van der Waals surface area contributed by atoms with Gasteiger partial charge in [0.25, 0.3) is 0 Å². The minimum absolute atomic E-state index is 0.0473. The number of methoxy groups -OCH3 is 1. The lowest BCUT2D eigenvalue weighted by atomic mass is 10.3. The SMILES string of the molecule is COCCCN(C)c1nc(NN)ccc1[N+](=O)[O-]. The molecular weight excluding hydrogens is 238 g/mol. The summed E-state index contributed by atoms with van der Waals surface area (Å²) in [5.74, 6) is 5.91. The molecule has 0 aliphatic carbocycles. The van der Waals surface area contributed by atoms with Crippen LogP contribution in [0.4, 0.5) is 17.3 Å². The molecule has 0 atom stereocenters. The van der Waals surface area contributed by atoms with Crippen LogP contribution in [0.5, 0.6) is 0 Å². The Kier molecular flexibility index (Phi) is 5.28. The summed E-state index contributed by atoms with van der Waals surface area (Å²) in [4.78, 5) is 16.3. The summed E-state index contributed by atoms with van der Waals surface area (Å²) in [6.07, 6.45) is 0.756. The fraction of sp³-hybridized carbons (Fsp3) is 0.500. The number of nitrogens with one attached hydrogen (secondary N) is 1. The zero-order chi connectivity index (χ0) is 13.5. The zero-order valence-electron chi connectivity index (χ0n) is 10.4. The number of nitrogens with zero attached hydrogens (tertiary/aromatic N) is 3. The second-order valence-corrected chi connectivity index (χ2v) is 3.71. The van der Waals surface area contributed by atoms with E-state index in [1.165, 1.54) is 12.1 Å². The molecule has 0 amide bonds. The molecule has 0 unspecified atom stereocenters. The highest BCUT2D eigenvalue weighted by Crippen LogP contribution is 2.26. The van der Waals surface area contributed by atoms with Crippen molar-refractivity contribution in [2.45, 2.75) is 6.42 Å². The van der Waals surface area contributed by atoms with Crippen molar-refractivity contribution in [2.75, 3.05) is 37.6 Å². The van der Waals surface area contributed by atoms with Crippen molar-refractivity contribution < 1.29 is 9.66 Å². The Labute approximate surface area is 105 Å². The Bertz CT molecular complexity index is 412. The first-order chi connectivity index (χ1) is 8.60. The number of aromatic nitrogens is 1. The number of anilines is 2. The second kappa shape index (κ2) is 6.72. The molecule has 0 aromatic carbocycles. The fourth-order valence-corrected chi connectivity index (χ4v) is 1.50. The third-order valence-electron chi connectivity index (χ3n) is 2.40. The van der Waals surface area contributed by atoms with Crippen LogP contribution in [-0.4, -0.2) is 37.2 Å². The summed E-state index contributed by atoms with van der Waals surface area (Å²) in [7, 11) is 3.35. The van der Waals surface area contributed by atoms with Gasteiger partial charge < -0.3 is 15.1 Å². The first-order valence-corrected chi connectivity index (χ1v) is 5.42. The Hall–Kier alpha value is -1.93. The number of pyridine rings is 1. The second-order valence-electron chi connectivity index (χ2n) is 3.71. The molecule has 0 radical (unpaired) electrons. The van der Waals surface area contributed by atoms with Gasteiger partial charge in [0.2, 0.25) is 5.82 Å². The lowest BCUT2D eigenvalue weighted by Gasteiger charge is -2.18. The number of nitrogens with two attached hydrogens (primary N) is 1. The van der Waals surface area contributed by atoms with Crippen molar-refractivity contribution in [1.82, 2.24) is 4.98 Å². The number of nitrogen functional groups attached to an aromatic ring is 1. The highest BCUT2D eigenvalue weighted by molar-refractivity contribution is 5.61. The normalized spacial score (nSPS) is 10.2. The minimum atomic E-state index is -0.463. The smallest absolute Gasteiger partial charge is 0.311 e. The average molecular weight is 255 g/mol. The molecule has 100 valence electrons. The number of ether oxygens (including phenoxy) is 1. The summed E-state index contributed by atoms with van der Waals surface area (Å²) in [5.41, 5.74) is 2.32. The Morgan fingerprint density at radius 3 is 2.89 bits per heavy atom. The van der Waals surface area contributed by atoms with E-state index in [2.05, 4.69) is 10.4 Å². The first kappa shape index (κ1) is 14.1.